The quantitative estimate of drug-likeness (QED) is 0.362. The standard InChI is InChI=1S/C22H19F4N7O2/c1-2-13-4-3-7-33(13)16(34)10-27-20-18-17(31-32-20)19(30-11-29-18)21(35)28-9-12-5-6-15(23)14(8-12)22(24,25)26/h1,5-6,8,11,13H,3-4,7,9-10H2,(H,28,35)(H2,27,31,32). The second kappa shape index (κ2) is 9.57. The van der Waals surface area contributed by atoms with E-state index >= 15 is 0 Å². The van der Waals surface area contributed by atoms with Crippen molar-refractivity contribution < 1.29 is 27.2 Å². The van der Waals surface area contributed by atoms with Gasteiger partial charge in [0.15, 0.2) is 11.5 Å². The van der Waals surface area contributed by atoms with Crippen molar-refractivity contribution in [1.29, 1.82) is 0 Å². The average Bonchev–Trinajstić information content (AvgIpc) is 3.48. The summed E-state index contributed by atoms with van der Waals surface area (Å²) in [5, 5.41) is 12.0. The molecule has 4 rings (SSSR count). The minimum Gasteiger partial charge on any atom is -0.358 e. The summed E-state index contributed by atoms with van der Waals surface area (Å²) in [4.78, 5) is 34.8. The zero-order valence-electron chi connectivity index (χ0n) is 18.1. The zero-order chi connectivity index (χ0) is 25.2. The number of carbonyl (C=O) groups is 2. The van der Waals surface area contributed by atoms with Crippen molar-refractivity contribution in [3.8, 4) is 12.3 Å². The maximum Gasteiger partial charge on any atom is 0.419 e. The molecule has 0 aliphatic carbocycles. The number of hydrogen-bond acceptors (Lipinski definition) is 6. The number of nitrogens with zero attached hydrogens (tertiary/aromatic N) is 4. The van der Waals surface area contributed by atoms with Gasteiger partial charge in [0.25, 0.3) is 5.91 Å². The summed E-state index contributed by atoms with van der Waals surface area (Å²) in [5.41, 5.74) is -1.07. The number of terminal acetylenes is 1. The summed E-state index contributed by atoms with van der Waals surface area (Å²) in [6.07, 6.45) is 3.29. The first-order valence-electron chi connectivity index (χ1n) is 10.5. The number of fused-ring (bicyclic) bond motifs is 1. The Morgan fingerprint density at radius 2 is 2.09 bits per heavy atom. The highest BCUT2D eigenvalue weighted by molar-refractivity contribution is 6.05. The van der Waals surface area contributed by atoms with Crippen molar-refractivity contribution in [3.63, 3.8) is 0 Å². The summed E-state index contributed by atoms with van der Waals surface area (Å²) in [7, 11) is 0. The van der Waals surface area contributed by atoms with Crippen molar-refractivity contribution in [1.82, 2.24) is 30.4 Å². The molecule has 3 heterocycles. The van der Waals surface area contributed by atoms with Crippen LogP contribution in [-0.4, -0.2) is 56.0 Å². The number of anilines is 1. The van der Waals surface area contributed by atoms with Gasteiger partial charge in [0, 0.05) is 13.1 Å². The van der Waals surface area contributed by atoms with E-state index in [2.05, 4.69) is 36.7 Å². The first kappa shape index (κ1) is 23.9. The van der Waals surface area contributed by atoms with E-state index in [1.54, 1.807) is 4.90 Å². The largest absolute Gasteiger partial charge is 0.419 e. The topological polar surface area (TPSA) is 116 Å². The molecule has 0 bridgehead atoms. The third-order valence-electron chi connectivity index (χ3n) is 5.53. The van der Waals surface area contributed by atoms with Gasteiger partial charge in [0.1, 0.15) is 23.2 Å². The number of amides is 2. The number of hydrogen-bond donors (Lipinski definition) is 3. The molecule has 0 saturated carbocycles. The predicted octanol–water partition coefficient (Wildman–Crippen LogP) is 2.48. The SMILES string of the molecule is C#CC1CCCN1C(=O)CNc1n[nH]c2c(C(=O)NCc3ccc(F)c(C(F)(F)F)c3)ncnc12. The molecule has 1 aromatic carbocycles. The lowest BCUT2D eigenvalue weighted by Gasteiger charge is -2.20. The van der Waals surface area contributed by atoms with Gasteiger partial charge in [-0.05, 0) is 30.5 Å². The minimum absolute atomic E-state index is 0.0510. The Morgan fingerprint density at radius 3 is 2.83 bits per heavy atom. The van der Waals surface area contributed by atoms with Gasteiger partial charge in [-0.25, -0.2) is 14.4 Å². The van der Waals surface area contributed by atoms with E-state index in [0.717, 1.165) is 25.2 Å². The Balaban J connectivity index is 1.45. The Morgan fingerprint density at radius 1 is 1.29 bits per heavy atom. The fraction of sp³-hybridized carbons (Fsp3) is 0.318. The molecule has 182 valence electrons. The average molecular weight is 489 g/mol. The summed E-state index contributed by atoms with van der Waals surface area (Å²) in [5.74, 6) is 0.491. The highest BCUT2D eigenvalue weighted by atomic mass is 19.4. The third-order valence-corrected chi connectivity index (χ3v) is 5.53. The molecule has 1 saturated heterocycles. The molecule has 35 heavy (non-hydrogen) atoms. The van der Waals surface area contributed by atoms with Crippen LogP contribution in [0.3, 0.4) is 0 Å². The van der Waals surface area contributed by atoms with Crippen molar-refractivity contribution in [2.75, 3.05) is 18.4 Å². The molecule has 13 heteroatoms. The number of aromatic nitrogens is 4. The normalized spacial score (nSPS) is 15.7. The first-order chi connectivity index (χ1) is 16.7. The molecule has 1 unspecified atom stereocenters. The van der Waals surface area contributed by atoms with E-state index in [0.29, 0.717) is 18.7 Å². The Hall–Kier alpha value is -4.21. The number of aromatic amines is 1. The highest BCUT2D eigenvalue weighted by Crippen LogP contribution is 2.32. The predicted molar refractivity (Wildman–Crippen MR) is 116 cm³/mol. The second-order valence-corrected chi connectivity index (χ2v) is 7.78. The number of H-pyrrole nitrogens is 1. The monoisotopic (exact) mass is 489 g/mol. The van der Waals surface area contributed by atoms with Gasteiger partial charge in [-0.1, -0.05) is 12.0 Å². The number of alkyl halides is 3. The number of rotatable bonds is 6. The fourth-order valence-electron chi connectivity index (χ4n) is 3.80. The van der Waals surface area contributed by atoms with E-state index in [9.17, 15) is 27.2 Å². The number of carbonyl (C=O) groups excluding carboxylic acids is 2. The number of benzene rings is 1. The van der Waals surface area contributed by atoms with Crippen molar-refractivity contribution in [2.45, 2.75) is 31.6 Å². The molecule has 2 aromatic heterocycles. The van der Waals surface area contributed by atoms with Crippen molar-refractivity contribution >= 4 is 28.7 Å². The molecular formula is C22H19F4N7O2. The molecule has 1 fully saturated rings. The first-order valence-corrected chi connectivity index (χ1v) is 10.5. The van der Waals surface area contributed by atoms with E-state index in [1.807, 2.05) is 0 Å². The van der Waals surface area contributed by atoms with Gasteiger partial charge in [-0.2, -0.15) is 18.3 Å². The molecule has 1 aliphatic rings. The van der Waals surface area contributed by atoms with Crippen LogP contribution in [-0.2, 0) is 17.5 Å². The van der Waals surface area contributed by atoms with E-state index < -0.39 is 23.5 Å². The lowest BCUT2D eigenvalue weighted by atomic mass is 10.1. The minimum atomic E-state index is -4.86. The van der Waals surface area contributed by atoms with E-state index in [-0.39, 0.29) is 53.1 Å². The molecule has 2 amide bonds. The molecule has 3 N–H and O–H groups in total. The fourth-order valence-corrected chi connectivity index (χ4v) is 3.80. The number of halogens is 4. The van der Waals surface area contributed by atoms with Crippen LogP contribution >= 0.6 is 0 Å². The van der Waals surface area contributed by atoms with Gasteiger partial charge in [0.05, 0.1) is 18.2 Å². The molecule has 1 atom stereocenters. The van der Waals surface area contributed by atoms with Crippen LogP contribution in [0.1, 0.15) is 34.5 Å². The van der Waals surface area contributed by atoms with Crippen LogP contribution in [0.2, 0.25) is 0 Å². The zero-order valence-corrected chi connectivity index (χ0v) is 18.1. The summed E-state index contributed by atoms with van der Waals surface area (Å²) in [6.45, 7) is 0.186. The molecule has 0 spiro atoms. The van der Waals surface area contributed by atoms with Crippen LogP contribution in [0, 0.1) is 18.2 Å². The van der Waals surface area contributed by atoms with Crippen LogP contribution in [0.5, 0.6) is 0 Å². The Bertz CT molecular complexity index is 1320. The highest BCUT2D eigenvalue weighted by Gasteiger charge is 2.34. The molecule has 0 radical (unpaired) electrons. The lowest BCUT2D eigenvalue weighted by Crippen LogP contribution is -2.38. The van der Waals surface area contributed by atoms with E-state index in [4.69, 9.17) is 6.42 Å². The molecular weight excluding hydrogens is 470 g/mol. The second-order valence-electron chi connectivity index (χ2n) is 7.78. The van der Waals surface area contributed by atoms with Crippen LogP contribution < -0.4 is 10.6 Å². The Kier molecular flexibility index (Phi) is 6.54. The van der Waals surface area contributed by atoms with Crippen molar-refractivity contribution in [2.24, 2.45) is 0 Å². The summed E-state index contributed by atoms with van der Waals surface area (Å²) < 4.78 is 52.2. The van der Waals surface area contributed by atoms with Crippen LogP contribution in [0.25, 0.3) is 11.0 Å². The maximum atomic E-state index is 13.5. The summed E-state index contributed by atoms with van der Waals surface area (Å²) in [6, 6.07) is 2.22. The molecule has 1 aliphatic heterocycles. The molecule has 9 nitrogen and oxygen atoms in total. The lowest BCUT2D eigenvalue weighted by molar-refractivity contribution is -0.140. The third kappa shape index (κ3) is 5.01. The van der Waals surface area contributed by atoms with E-state index in [1.165, 1.54) is 0 Å². The van der Waals surface area contributed by atoms with Gasteiger partial charge >= 0.3 is 6.18 Å². The number of likely N-dealkylation sites (tertiary alicyclic amines) is 1. The van der Waals surface area contributed by atoms with Gasteiger partial charge in [-0.15, -0.1) is 6.42 Å². The van der Waals surface area contributed by atoms with Crippen LogP contribution in [0.15, 0.2) is 24.5 Å². The maximum absolute atomic E-state index is 13.5. The van der Waals surface area contributed by atoms with Crippen LogP contribution in [0.4, 0.5) is 23.4 Å². The van der Waals surface area contributed by atoms with Gasteiger partial charge in [-0.3, -0.25) is 14.7 Å². The molecule has 3 aromatic rings. The van der Waals surface area contributed by atoms with Crippen molar-refractivity contribution in [3.05, 3.63) is 47.2 Å². The Labute approximate surface area is 196 Å². The van der Waals surface area contributed by atoms with Gasteiger partial charge < -0.3 is 15.5 Å². The van der Waals surface area contributed by atoms with Gasteiger partial charge in [0.2, 0.25) is 5.91 Å². The summed E-state index contributed by atoms with van der Waals surface area (Å²) >= 11 is 0. The smallest absolute Gasteiger partial charge is 0.358 e. The number of nitrogens with one attached hydrogen (secondary N) is 3.